The number of hydrogen-bond donors (Lipinski definition) is 0. The Bertz CT molecular complexity index is 3900. The lowest BCUT2D eigenvalue weighted by Crippen LogP contribution is -2.32. The van der Waals surface area contributed by atoms with Crippen molar-refractivity contribution in [2.45, 2.75) is 10.8 Å². The topological polar surface area (TPSA) is 21.7 Å². The van der Waals surface area contributed by atoms with E-state index in [1.165, 1.54) is 49.9 Å². The molecule has 0 bridgehead atoms. The average molecular weight is 880 g/mol. The Morgan fingerprint density at radius 2 is 0.667 bits per heavy atom. The summed E-state index contributed by atoms with van der Waals surface area (Å²) in [5.74, 6) is 3.51. The molecular weight excluding hydrogens is 839 g/mol. The average Bonchev–Trinajstić information content (AvgIpc) is 3.86. The van der Waals surface area contributed by atoms with Gasteiger partial charge in [-0.05, 0) is 122 Å². The Hall–Kier alpha value is -8.92. The van der Waals surface area contributed by atoms with E-state index < -0.39 is 10.8 Å². The van der Waals surface area contributed by atoms with Gasteiger partial charge in [-0.3, -0.25) is 0 Å². The molecule has 1 atom stereocenters. The van der Waals surface area contributed by atoms with Gasteiger partial charge in [-0.1, -0.05) is 188 Å². The highest BCUT2D eigenvalue weighted by Gasteiger charge is 2.53. The summed E-state index contributed by atoms with van der Waals surface area (Å²) in [6, 6.07) is 91.1. The summed E-state index contributed by atoms with van der Waals surface area (Å²) in [5, 5.41) is 2.34. The summed E-state index contributed by atoms with van der Waals surface area (Å²) in [6.45, 7) is 0. The molecule has 0 saturated carbocycles. The van der Waals surface area contributed by atoms with Crippen LogP contribution in [0.2, 0.25) is 0 Å². The van der Waals surface area contributed by atoms with Crippen molar-refractivity contribution in [3.8, 4) is 56.4 Å². The monoisotopic (exact) mass is 879 g/mol. The fourth-order valence-corrected chi connectivity index (χ4v) is 12.7. The van der Waals surface area contributed by atoms with Gasteiger partial charge in [0.15, 0.2) is 0 Å². The van der Waals surface area contributed by atoms with E-state index in [1.807, 2.05) is 0 Å². The lowest BCUT2D eigenvalue weighted by molar-refractivity contribution is 0.436. The van der Waals surface area contributed by atoms with Crippen LogP contribution in [0.3, 0.4) is 0 Å². The summed E-state index contributed by atoms with van der Waals surface area (Å²) in [6.07, 6.45) is 0. The van der Waals surface area contributed by atoms with Gasteiger partial charge in [-0.2, -0.15) is 0 Å². The standard InChI is InChI=1S/C66H41NO2/c1-2-18-42(19-3-1)47-22-8-14-30-60(47)67(45-34-36-50-48-23-6-9-25-52(48)65(57(50)40-45)54-27-11-15-31-61(54)68-62-32-16-12-28-55(62)65)46-35-37-51-49-24-7-10-26-53(49)66(58(51)41-46)56-29-13-17-33-63(56)69-64-39-44-21-5-4-20-43(44)38-59(64)66/h1-41H. The molecule has 3 heteroatoms. The van der Waals surface area contributed by atoms with Gasteiger partial charge in [-0.15, -0.1) is 0 Å². The van der Waals surface area contributed by atoms with E-state index in [9.17, 15) is 0 Å². The van der Waals surface area contributed by atoms with Gasteiger partial charge >= 0.3 is 0 Å². The van der Waals surface area contributed by atoms with Crippen LogP contribution in [0, 0.1) is 0 Å². The number of fused-ring (bicyclic) bond motifs is 19. The highest BCUT2D eigenvalue weighted by molar-refractivity contribution is 5.97. The molecule has 1 unspecified atom stereocenters. The third-order valence-corrected chi connectivity index (χ3v) is 15.4. The van der Waals surface area contributed by atoms with Gasteiger partial charge in [-0.25, -0.2) is 0 Å². The van der Waals surface area contributed by atoms with Crippen molar-refractivity contribution in [1.29, 1.82) is 0 Å². The van der Waals surface area contributed by atoms with Crippen molar-refractivity contribution in [2.75, 3.05) is 4.90 Å². The lowest BCUT2D eigenvalue weighted by atomic mass is 9.65. The molecule has 2 spiro atoms. The molecule has 2 aliphatic carbocycles. The fourth-order valence-electron chi connectivity index (χ4n) is 12.7. The maximum atomic E-state index is 6.94. The molecule has 0 aromatic heterocycles. The molecule has 0 radical (unpaired) electrons. The quantitative estimate of drug-likeness (QED) is 0.176. The van der Waals surface area contributed by atoms with E-state index in [1.54, 1.807) is 0 Å². The van der Waals surface area contributed by atoms with Crippen molar-refractivity contribution in [2.24, 2.45) is 0 Å². The molecule has 2 aliphatic heterocycles. The maximum Gasteiger partial charge on any atom is 0.132 e. The van der Waals surface area contributed by atoms with Crippen molar-refractivity contribution in [3.63, 3.8) is 0 Å². The minimum atomic E-state index is -0.667. The molecule has 0 N–H and O–H groups in total. The van der Waals surface area contributed by atoms with Crippen molar-refractivity contribution < 1.29 is 9.47 Å². The molecule has 4 aliphatic rings. The first-order valence-corrected chi connectivity index (χ1v) is 23.8. The zero-order chi connectivity index (χ0) is 45.3. The van der Waals surface area contributed by atoms with Crippen molar-refractivity contribution >= 4 is 27.8 Å². The van der Waals surface area contributed by atoms with Gasteiger partial charge in [0, 0.05) is 39.2 Å². The van der Waals surface area contributed by atoms with Crippen LogP contribution in [0.1, 0.15) is 44.5 Å². The van der Waals surface area contributed by atoms with Gasteiger partial charge in [0.1, 0.15) is 23.0 Å². The number of ether oxygens (including phenoxy) is 2. The lowest BCUT2D eigenvalue weighted by Gasteiger charge is -2.40. The van der Waals surface area contributed by atoms with Gasteiger partial charge in [0.2, 0.25) is 0 Å². The second-order valence-electron chi connectivity index (χ2n) is 18.7. The van der Waals surface area contributed by atoms with E-state index in [-0.39, 0.29) is 0 Å². The van der Waals surface area contributed by atoms with E-state index >= 15 is 0 Å². The molecule has 11 aromatic rings. The Labute approximate surface area is 400 Å². The molecule has 69 heavy (non-hydrogen) atoms. The Morgan fingerprint density at radius 1 is 0.261 bits per heavy atom. The molecule has 0 amide bonds. The van der Waals surface area contributed by atoms with Crippen LogP contribution >= 0.6 is 0 Å². The van der Waals surface area contributed by atoms with Crippen LogP contribution in [0.25, 0.3) is 44.2 Å². The summed E-state index contributed by atoms with van der Waals surface area (Å²) in [4.78, 5) is 2.50. The molecule has 2 heterocycles. The summed E-state index contributed by atoms with van der Waals surface area (Å²) >= 11 is 0. The van der Waals surface area contributed by atoms with E-state index in [2.05, 4.69) is 254 Å². The molecule has 0 saturated heterocycles. The van der Waals surface area contributed by atoms with E-state index in [0.29, 0.717) is 0 Å². The van der Waals surface area contributed by atoms with Crippen LogP contribution in [-0.2, 0) is 10.8 Å². The molecule has 11 aromatic carbocycles. The highest BCUT2D eigenvalue weighted by atomic mass is 16.5. The van der Waals surface area contributed by atoms with E-state index in [4.69, 9.17) is 9.47 Å². The zero-order valence-corrected chi connectivity index (χ0v) is 37.4. The smallest absolute Gasteiger partial charge is 0.132 e. The highest BCUT2D eigenvalue weighted by Crippen LogP contribution is 2.65. The first kappa shape index (κ1) is 38.2. The first-order valence-electron chi connectivity index (χ1n) is 23.8. The summed E-state index contributed by atoms with van der Waals surface area (Å²) in [5.41, 5.74) is 18.7. The minimum Gasteiger partial charge on any atom is -0.457 e. The fraction of sp³-hybridized carbons (Fsp3) is 0.0303. The van der Waals surface area contributed by atoms with Crippen molar-refractivity contribution in [3.05, 3.63) is 293 Å². The zero-order valence-electron chi connectivity index (χ0n) is 37.4. The van der Waals surface area contributed by atoms with Crippen molar-refractivity contribution in [1.82, 2.24) is 0 Å². The summed E-state index contributed by atoms with van der Waals surface area (Å²) in [7, 11) is 0. The van der Waals surface area contributed by atoms with Crippen LogP contribution in [0.15, 0.2) is 249 Å². The molecule has 0 fully saturated rings. The molecule has 3 nitrogen and oxygen atoms in total. The Balaban J connectivity index is 1.03. The Morgan fingerprint density at radius 3 is 1.23 bits per heavy atom. The molecular formula is C66H41NO2. The van der Waals surface area contributed by atoms with Crippen LogP contribution in [0.5, 0.6) is 23.0 Å². The molecule has 322 valence electrons. The first-order chi connectivity index (χ1) is 34.2. The third kappa shape index (κ3) is 5.11. The number of benzene rings is 11. The van der Waals surface area contributed by atoms with Gasteiger partial charge in [0.25, 0.3) is 0 Å². The number of rotatable bonds is 4. The number of nitrogens with zero attached hydrogens (tertiary/aromatic N) is 1. The van der Waals surface area contributed by atoms with E-state index in [0.717, 1.165) is 78.8 Å². The second kappa shape index (κ2) is 14.3. The molecule has 15 rings (SSSR count). The van der Waals surface area contributed by atoms with Crippen LogP contribution in [0.4, 0.5) is 17.1 Å². The number of para-hydroxylation sites is 4. The number of anilines is 3. The largest absolute Gasteiger partial charge is 0.457 e. The van der Waals surface area contributed by atoms with Gasteiger partial charge < -0.3 is 14.4 Å². The van der Waals surface area contributed by atoms with Gasteiger partial charge in [0.05, 0.1) is 16.5 Å². The van der Waals surface area contributed by atoms with Crippen LogP contribution < -0.4 is 14.4 Å². The predicted molar refractivity (Wildman–Crippen MR) is 279 cm³/mol. The predicted octanol–water partition coefficient (Wildman–Crippen LogP) is 16.9. The second-order valence-corrected chi connectivity index (χ2v) is 18.7. The van der Waals surface area contributed by atoms with Crippen LogP contribution in [-0.4, -0.2) is 0 Å². The SMILES string of the molecule is c1ccc(-c2ccccc2N(c2ccc3c(c2)C2(c4ccccc4Oc4ccccc42)c2ccccc2-3)c2ccc3c(c2)C2(c4ccccc4Oc4cc5ccccc5cc42)c2ccccc2-3)cc1. The maximum absolute atomic E-state index is 6.94. The summed E-state index contributed by atoms with van der Waals surface area (Å²) < 4.78 is 13.7. The Kier molecular flexibility index (Phi) is 7.92. The third-order valence-electron chi connectivity index (χ3n) is 15.4. The minimum absolute atomic E-state index is 0.625. The number of hydrogen-bond acceptors (Lipinski definition) is 3. The normalized spacial score (nSPS) is 15.7.